The van der Waals surface area contributed by atoms with E-state index in [0.717, 1.165) is 23.1 Å². The molecule has 1 heterocycles. The van der Waals surface area contributed by atoms with E-state index in [0.29, 0.717) is 5.56 Å². The highest BCUT2D eigenvalue weighted by Gasteiger charge is 2.14. The van der Waals surface area contributed by atoms with E-state index < -0.39 is 17.5 Å². The standard InChI is InChI=1S/C16H11F2N3O2S/c1-24-11-5-2-9(3-6-11)15-20-21-16(23-15)19-14(22)10-4-7-12(17)13(18)8-10/h2-8H,1H3,(H,19,21,22). The fourth-order valence-electron chi connectivity index (χ4n) is 1.93. The van der Waals surface area contributed by atoms with Crippen molar-refractivity contribution in [2.75, 3.05) is 11.6 Å². The number of hydrogen-bond acceptors (Lipinski definition) is 5. The molecule has 8 heteroatoms. The Bertz CT molecular complexity index is 881. The van der Waals surface area contributed by atoms with Crippen molar-refractivity contribution in [3.05, 3.63) is 59.7 Å². The maximum Gasteiger partial charge on any atom is 0.322 e. The number of nitrogens with zero attached hydrogens (tertiary/aromatic N) is 2. The van der Waals surface area contributed by atoms with Crippen LogP contribution < -0.4 is 5.32 Å². The minimum atomic E-state index is -1.11. The van der Waals surface area contributed by atoms with Crippen LogP contribution >= 0.6 is 11.8 Å². The van der Waals surface area contributed by atoms with Crippen LogP contribution in [0.3, 0.4) is 0 Å². The van der Waals surface area contributed by atoms with Crippen LogP contribution in [0.25, 0.3) is 11.5 Å². The van der Waals surface area contributed by atoms with Crippen molar-refractivity contribution in [1.29, 1.82) is 0 Å². The number of amides is 1. The molecule has 0 unspecified atom stereocenters. The molecule has 1 N–H and O–H groups in total. The molecule has 3 aromatic rings. The number of carbonyl (C=O) groups excluding carboxylic acids is 1. The molecule has 1 aromatic heterocycles. The molecule has 5 nitrogen and oxygen atoms in total. The van der Waals surface area contributed by atoms with Gasteiger partial charge >= 0.3 is 6.01 Å². The first kappa shape index (κ1) is 16.1. The Labute approximate surface area is 140 Å². The van der Waals surface area contributed by atoms with E-state index in [1.165, 1.54) is 0 Å². The number of hydrogen-bond donors (Lipinski definition) is 1. The molecule has 0 bridgehead atoms. The van der Waals surface area contributed by atoms with Crippen molar-refractivity contribution < 1.29 is 18.0 Å². The van der Waals surface area contributed by atoms with Crippen molar-refractivity contribution in [3.63, 3.8) is 0 Å². The first-order valence-electron chi connectivity index (χ1n) is 6.81. The van der Waals surface area contributed by atoms with Gasteiger partial charge in [-0.2, -0.15) is 0 Å². The summed E-state index contributed by atoms with van der Waals surface area (Å²) >= 11 is 1.61. The van der Waals surface area contributed by atoms with Crippen molar-refractivity contribution in [1.82, 2.24) is 10.2 Å². The number of carbonyl (C=O) groups is 1. The molecule has 3 rings (SSSR count). The summed E-state index contributed by atoms with van der Waals surface area (Å²) in [7, 11) is 0. The average Bonchev–Trinajstić information content (AvgIpc) is 3.06. The van der Waals surface area contributed by atoms with Crippen LogP contribution in [0.1, 0.15) is 10.4 Å². The van der Waals surface area contributed by atoms with Crippen molar-refractivity contribution in [3.8, 4) is 11.5 Å². The van der Waals surface area contributed by atoms with Crippen LogP contribution in [0.4, 0.5) is 14.8 Å². The van der Waals surface area contributed by atoms with Gasteiger partial charge in [0.15, 0.2) is 11.6 Å². The lowest BCUT2D eigenvalue weighted by Crippen LogP contribution is -2.12. The number of rotatable bonds is 4. The number of benzene rings is 2. The van der Waals surface area contributed by atoms with Crippen LogP contribution in [0.2, 0.25) is 0 Å². The smallest absolute Gasteiger partial charge is 0.322 e. The third-order valence-corrected chi connectivity index (χ3v) is 3.91. The SMILES string of the molecule is CSc1ccc(-c2nnc(NC(=O)c3ccc(F)c(F)c3)o2)cc1. The Morgan fingerprint density at radius 2 is 1.83 bits per heavy atom. The molecule has 24 heavy (non-hydrogen) atoms. The zero-order valence-corrected chi connectivity index (χ0v) is 13.2. The number of nitrogens with one attached hydrogen (secondary N) is 1. The molecular weight excluding hydrogens is 336 g/mol. The first-order valence-corrected chi connectivity index (χ1v) is 8.03. The van der Waals surface area contributed by atoms with Gasteiger partial charge in [0.2, 0.25) is 5.89 Å². The fraction of sp³-hybridized carbons (Fsp3) is 0.0625. The molecule has 0 aliphatic rings. The molecular formula is C16H11F2N3O2S. The molecule has 0 saturated carbocycles. The second-order valence-electron chi connectivity index (χ2n) is 4.72. The van der Waals surface area contributed by atoms with E-state index in [-0.39, 0.29) is 17.5 Å². The van der Waals surface area contributed by atoms with Crippen LogP contribution in [-0.4, -0.2) is 22.4 Å². The average molecular weight is 347 g/mol. The van der Waals surface area contributed by atoms with Gasteiger partial charge in [0, 0.05) is 16.0 Å². The zero-order valence-electron chi connectivity index (χ0n) is 12.4. The van der Waals surface area contributed by atoms with E-state index in [4.69, 9.17) is 4.42 Å². The second-order valence-corrected chi connectivity index (χ2v) is 5.60. The summed E-state index contributed by atoms with van der Waals surface area (Å²) in [4.78, 5) is 13.1. The summed E-state index contributed by atoms with van der Waals surface area (Å²) in [5, 5.41) is 9.91. The molecule has 0 saturated heterocycles. The lowest BCUT2D eigenvalue weighted by atomic mass is 10.2. The molecule has 0 spiro atoms. The van der Waals surface area contributed by atoms with Crippen molar-refractivity contribution in [2.45, 2.75) is 4.90 Å². The maximum atomic E-state index is 13.2. The molecule has 0 aliphatic carbocycles. The summed E-state index contributed by atoms with van der Waals surface area (Å²) in [5.41, 5.74) is 0.645. The van der Waals surface area contributed by atoms with Crippen LogP contribution in [-0.2, 0) is 0 Å². The van der Waals surface area contributed by atoms with E-state index >= 15 is 0 Å². The normalized spacial score (nSPS) is 10.6. The molecule has 2 aromatic carbocycles. The summed E-state index contributed by atoms with van der Waals surface area (Å²) in [5.74, 6) is -2.58. The van der Waals surface area contributed by atoms with Gasteiger partial charge in [-0.1, -0.05) is 5.10 Å². The Morgan fingerprint density at radius 3 is 2.50 bits per heavy atom. The van der Waals surface area contributed by atoms with Gasteiger partial charge in [-0.25, -0.2) is 8.78 Å². The Kier molecular flexibility index (Phi) is 4.57. The summed E-state index contributed by atoms with van der Waals surface area (Å²) in [6, 6.07) is 10.1. The lowest BCUT2D eigenvalue weighted by molar-refractivity contribution is 0.102. The maximum absolute atomic E-state index is 13.2. The third-order valence-electron chi connectivity index (χ3n) is 3.16. The Hall–Kier alpha value is -2.74. The summed E-state index contributed by atoms with van der Waals surface area (Å²) in [6.07, 6.45) is 1.97. The predicted molar refractivity (Wildman–Crippen MR) is 85.8 cm³/mol. The van der Waals surface area contributed by atoms with Gasteiger partial charge in [-0.05, 0) is 48.7 Å². The lowest BCUT2D eigenvalue weighted by Gasteiger charge is -2.01. The summed E-state index contributed by atoms with van der Waals surface area (Å²) < 4.78 is 31.4. The number of anilines is 1. The van der Waals surface area contributed by atoms with Gasteiger partial charge in [-0.15, -0.1) is 16.9 Å². The van der Waals surface area contributed by atoms with E-state index in [1.807, 2.05) is 30.5 Å². The highest BCUT2D eigenvalue weighted by Crippen LogP contribution is 2.23. The topological polar surface area (TPSA) is 68.0 Å². The Morgan fingerprint density at radius 1 is 1.08 bits per heavy atom. The first-order chi connectivity index (χ1) is 11.6. The monoisotopic (exact) mass is 347 g/mol. The molecule has 0 radical (unpaired) electrons. The van der Waals surface area contributed by atoms with Crippen molar-refractivity contribution in [2.24, 2.45) is 0 Å². The third kappa shape index (κ3) is 3.43. The quantitative estimate of drug-likeness (QED) is 0.723. The van der Waals surface area contributed by atoms with Gasteiger partial charge in [0.25, 0.3) is 5.91 Å². The zero-order chi connectivity index (χ0) is 17.1. The molecule has 0 aliphatic heterocycles. The van der Waals surface area contributed by atoms with Gasteiger partial charge in [-0.3, -0.25) is 10.1 Å². The van der Waals surface area contributed by atoms with Gasteiger partial charge in [0.1, 0.15) is 0 Å². The van der Waals surface area contributed by atoms with E-state index in [9.17, 15) is 13.6 Å². The highest BCUT2D eigenvalue weighted by molar-refractivity contribution is 7.98. The molecule has 0 atom stereocenters. The predicted octanol–water partition coefficient (Wildman–Crippen LogP) is 3.99. The number of halogens is 2. The Balaban J connectivity index is 1.75. The second kappa shape index (κ2) is 6.79. The summed E-state index contributed by atoms with van der Waals surface area (Å²) in [6.45, 7) is 0. The molecule has 1 amide bonds. The highest BCUT2D eigenvalue weighted by atomic mass is 32.2. The van der Waals surface area contributed by atoms with Crippen LogP contribution in [0.5, 0.6) is 0 Å². The van der Waals surface area contributed by atoms with Crippen LogP contribution in [0.15, 0.2) is 51.8 Å². The van der Waals surface area contributed by atoms with Gasteiger partial charge in [0.05, 0.1) is 0 Å². The fourth-order valence-corrected chi connectivity index (χ4v) is 2.34. The minimum Gasteiger partial charge on any atom is -0.403 e. The number of thioether (sulfide) groups is 1. The van der Waals surface area contributed by atoms with Crippen LogP contribution in [0, 0.1) is 11.6 Å². The van der Waals surface area contributed by atoms with Crippen molar-refractivity contribution >= 4 is 23.7 Å². The molecule has 0 fully saturated rings. The number of aromatic nitrogens is 2. The largest absolute Gasteiger partial charge is 0.403 e. The van der Waals surface area contributed by atoms with Gasteiger partial charge < -0.3 is 4.42 Å². The molecule has 122 valence electrons. The van der Waals surface area contributed by atoms with E-state index in [1.54, 1.807) is 11.8 Å². The minimum absolute atomic E-state index is 0.0574. The van der Waals surface area contributed by atoms with E-state index in [2.05, 4.69) is 15.5 Å².